The minimum Gasteiger partial charge on any atom is -0.394 e. The highest BCUT2D eigenvalue weighted by Gasteiger charge is 2.32. The second-order valence-corrected chi connectivity index (χ2v) is 8.48. The number of hydrogen-bond acceptors (Lipinski definition) is 3. The first-order chi connectivity index (χ1) is 14.9. The number of aliphatic hydroxyl groups is 2. The third-order valence-corrected chi connectivity index (χ3v) is 6.07. The van der Waals surface area contributed by atoms with Crippen molar-refractivity contribution in [2.45, 2.75) is 64.3 Å². The maximum atomic E-state index is 14.9. The molecular formula is C27H33FO3. The number of halogens is 1. The molecule has 3 atom stereocenters. The van der Waals surface area contributed by atoms with Crippen LogP contribution in [-0.2, 0) is 10.2 Å². The highest BCUT2D eigenvalue weighted by atomic mass is 19.1. The number of rotatable bonds is 4. The molecule has 3 unspecified atom stereocenters. The SMILES string of the molecule is CC.CC(C)(c1cc2cccccc-2c1)c1cc(C2CC(O)CC(CO)O2)ccc1F. The number of hydrogen-bond donors (Lipinski definition) is 2. The Morgan fingerprint density at radius 1 is 0.968 bits per heavy atom. The van der Waals surface area contributed by atoms with Crippen molar-refractivity contribution in [2.75, 3.05) is 6.61 Å². The summed E-state index contributed by atoms with van der Waals surface area (Å²) >= 11 is 0. The predicted octanol–water partition coefficient (Wildman–Crippen LogP) is 5.86. The number of fused-ring (bicyclic) bond motifs is 1. The zero-order chi connectivity index (χ0) is 22.6. The van der Waals surface area contributed by atoms with E-state index >= 15 is 0 Å². The lowest BCUT2D eigenvalue weighted by Crippen LogP contribution is -2.33. The fourth-order valence-corrected chi connectivity index (χ4v) is 4.28. The van der Waals surface area contributed by atoms with Gasteiger partial charge in [0.05, 0.1) is 24.9 Å². The van der Waals surface area contributed by atoms with E-state index in [4.69, 9.17) is 4.74 Å². The lowest BCUT2D eigenvalue weighted by molar-refractivity contribution is -0.113. The van der Waals surface area contributed by atoms with Crippen LogP contribution in [0, 0.1) is 5.82 Å². The Morgan fingerprint density at radius 3 is 2.23 bits per heavy atom. The van der Waals surface area contributed by atoms with E-state index in [0.717, 1.165) is 22.3 Å². The molecule has 2 N–H and O–H groups in total. The maximum Gasteiger partial charge on any atom is 0.127 e. The molecule has 0 aromatic heterocycles. The fraction of sp³-hybridized carbons (Fsp3) is 0.407. The summed E-state index contributed by atoms with van der Waals surface area (Å²) in [4.78, 5) is 0. The van der Waals surface area contributed by atoms with Gasteiger partial charge in [0.1, 0.15) is 5.82 Å². The summed E-state index contributed by atoms with van der Waals surface area (Å²) < 4.78 is 20.9. The van der Waals surface area contributed by atoms with Crippen molar-refractivity contribution in [3.05, 3.63) is 83.2 Å². The molecule has 0 spiro atoms. The molecule has 0 amide bonds. The van der Waals surface area contributed by atoms with E-state index in [9.17, 15) is 14.6 Å². The van der Waals surface area contributed by atoms with Crippen LogP contribution in [0.1, 0.15) is 63.3 Å². The molecular weight excluding hydrogens is 391 g/mol. The van der Waals surface area contributed by atoms with E-state index in [-0.39, 0.29) is 18.5 Å². The zero-order valence-corrected chi connectivity index (χ0v) is 18.8. The molecule has 0 bridgehead atoms. The first-order valence-corrected chi connectivity index (χ1v) is 11.1. The predicted molar refractivity (Wildman–Crippen MR) is 123 cm³/mol. The van der Waals surface area contributed by atoms with Gasteiger partial charge in [0.25, 0.3) is 0 Å². The van der Waals surface area contributed by atoms with Gasteiger partial charge in [-0.25, -0.2) is 4.39 Å². The molecule has 1 aromatic carbocycles. The molecule has 166 valence electrons. The first kappa shape index (κ1) is 23.4. The van der Waals surface area contributed by atoms with E-state index < -0.39 is 17.6 Å². The Morgan fingerprint density at radius 2 is 1.61 bits per heavy atom. The molecule has 1 fully saturated rings. The zero-order valence-electron chi connectivity index (χ0n) is 18.8. The van der Waals surface area contributed by atoms with Crippen molar-refractivity contribution in [3.8, 4) is 11.1 Å². The first-order valence-electron chi connectivity index (χ1n) is 11.1. The average molecular weight is 425 g/mol. The number of aliphatic hydroxyl groups excluding tert-OH is 2. The van der Waals surface area contributed by atoms with E-state index in [1.165, 1.54) is 6.07 Å². The van der Waals surface area contributed by atoms with Crippen LogP contribution in [0.3, 0.4) is 0 Å². The lowest BCUT2D eigenvalue weighted by atomic mass is 9.78. The van der Waals surface area contributed by atoms with Crippen molar-refractivity contribution >= 4 is 0 Å². The molecule has 1 aliphatic heterocycles. The van der Waals surface area contributed by atoms with Crippen LogP contribution in [0.15, 0.2) is 60.7 Å². The van der Waals surface area contributed by atoms with E-state index in [2.05, 4.69) is 24.3 Å². The minimum atomic E-state index is -0.540. The summed E-state index contributed by atoms with van der Waals surface area (Å²) in [5.41, 5.74) is 4.18. The minimum absolute atomic E-state index is 0.134. The van der Waals surface area contributed by atoms with Gasteiger partial charge in [-0.1, -0.05) is 76.2 Å². The van der Waals surface area contributed by atoms with Gasteiger partial charge >= 0.3 is 0 Å². The Kier molecular flexibility index (Phi) is 7.47. The van der Waals surface area contributed by atoms with Gasteiger partial charge in [0, 0.05) is 18.3 Å². The monoisotopic (exact) mass is 424 g/mol. The van der Waals surface area contributed by atoms with Crippen LogP contribution in [-0.4, -0.2) is 29.0 Å². The lowest BCUT2D eigenvalue weighted by Gasteiger charge is -2.33. The molecule has 31 heavy (non-hydrogen) atoms. The topological polar surface area (TPSA) is 49.7 Å². The average Bonchev–Trinajstić information content (AvgIpc) is 3.06. The summed E-state index contributed by atoms with van der Waals surface area (Å²) in [6.07, 6.45) is -0.424. The molecule has 3 nitrogen and oxygen atoms in total. The van der Waals surface area contributed by atoms with Crippen molar-refractivity contribution in [2.24, 2.45) is 0 Å². The van der Waals surface area contributed by atoms with Crippen molar-refractivity contribution < 1.29 is 19.3 Å². The summed E-state index contributed by atoms with van der Waals surface area (Å²) in [6, 6.07) is 19.4. The molecule has 4 heteroatoms. The van der Waals surface area contributed by atoms with Crippen LogP contribution in [0.4, 0.5) is 4.39 Å². The third-order valence-electron chi connectivity index (χ3n) is 6.07. The molecule has 1 heterocycles. The van der Waals surface area contributed by atoms with Crippen molar-refractivity contribution in [3.63, 3.8) is 0 Å². The number of benzene rings is 1. The molecule has 2 aliphatic carbocycles. The van der Waals surface area contributed by atoms with Crippen molar-refractivity contribution in [1.82, 2.24) is 0 Å². The highest BCUT2D eigenvalue weighted by molar-refractivity contribution is 5.69. The fourth-order valence-electron chi connectivity index (χ4n) is 4.28. The van der Waals surface area contributed by atoms with Crippen LogP contribution >= 0.6 is 0 Å². The van der Waals surface area contributed by atoms with Crippen LogP contribution < -0.4 is 0 Å². The Labute approximate surface area is 184 Å². The normalized spacial score (nSPS) is 21.5. The van der Waals surface area contributed by atoms with E-state index in [1.54, 1.807) is 6.07 Å². The van der Waals surface area contributed by atoms with E-state index in [1.807, 2.05) is 52.0 Å². The highest BCUT2D eigenvalue weighted by Crippen LogP contribution is 2.40. The van der Waals surface area contributed by atoms with E-state index in [0.29, 0.717) is 18.4 Å². The Hall–Kier alpha value is -2.27. The third kappa shape index (κ3) is 4.98. The molecule has 0 saturated carbocycles. The van der Waals surface area contributed by atoms with Gasteiger partial charge in [-0.05, 0) is 39.9 Å². The van der Waals surface area contributed by atoms with Gasteiger partial charge in [-0.3, -0.25) is 0 Å². The summed E-state index contributed by atoms with van der Waals surface area (Å²) in [7, 11) is 0. The second-order valence-electron chi connectivity index (χ2n) is 8.48. The van der Waals surface area contributed by atoms with Crippen LogP contribution in [0.25, 0.3) is 11.1 Å². The van der Waals surface area contributed by atoms with Gasteiger partial charge in [-0.15, -0.1) is 0 Å². The maximum absolute atomic E-state index is 14.9. The molecule has 0 radical (unpaired) electrons. The summed E-state index contributed by atoms with van der Waals surface area (Å²) in [6.45, 7) is 7.91. The smallest absolute Gasteiger partial charge is 0.127 e. The largest absolute Gasteiger partial charge is 0.394 e. The van der Waals surface area contributed by atoms with Gasteiger partial charge in [0.2, 0.25) is 0 Å². The Bertz CT molecular complexity index is 938. The number of ether oxygens (including phenoxy) is 1. The molecule has 4 rings (SSSR count). The molecule has 1 aromatic rings. The summed E-state index contributed by atoms with van der Waals surface area (Å²) in [5, 5.41) is 19.6. The second kappa shape index (κ2) is 9.90. The standard InChI is InChI=1S/C25H27FO3.C2H6/c1-25(2,19-10-16-6-4-3-5-7-17(16)11-19)22-12-18(8-9-23(22)26)24-14-20(28)13-21(15-27)29-24;1-2/h3-12,20-21,24,27-28H,13-15H2,1-2H3;1-2H3. The van der Waals surface area contributed by atoms with Gasteiger partial charge in [-0.2, -0.15) is 0 Å². The summed E-state index contributed by atoms with van der Waals surface area (Å²) in [5.74, 6) is -0.260. The molecule has 1 saturated heterocycles. The Balaban J connectivity index is 0.00000132. The van der Waals surface area contributed by atoms with Gasteiger partial charge < -0.3 is 14.9 Å². The van der Waals surface area contributed by atoms with Crippen LogP contribution in [0.5, 0.6) is 0 Å². The van der Waals surface area contributed by atoms with Gasteiger partial charge in [0.15, 0.2) is 0 Å². The van der Waals surface area contributed by atoms with Crippen LogP contribution in [0.2, 0.25) is 0 Å². The van der Waals surface area contributed by atoms with Crippen molar-refractivity contribution in [1.29, 1.82) is 0 Å². The quantitative estimate of drug-likeness (QED) is 0.552. The molecule has 3 aliphatic rings.